The van der Waals surface area contributed by atoms with Crippen LogP contribution < -0.4 is 0 Å². The highest BCUT2D eigenvalue weighted by atomic mass is 16.4. The van der Waals surface area contributed by atoms with Gasteiger partial charge in [0.2, 0.25) is 0 Å². The molecule has 4 nitrogen and oxygen atoms in total. The van der Waals surface area contributed by atoms with E-state index >= 15 is 0 Å². The molecule has 0 unspecified atom stereocenters. The van der Waals surface area contributed by atoms with Gasteiger partial charge in [-0.05, 0) is 25.1 Å². The number of amides is 1. The van der Waals surface area contributed by atoms with Crippen molar-refractivity contribution in [1.29, 1.82) is 0 Å². The molecule has 0 spiro atoms. The first kappa shape index (κ1) is 13.1. The van der Waals surface area contributed by atoms with Crippen LogP contribution in [0.2, 0.25) is 0 Å². The van der Waals surface area contributed by atoms with Gasteiger partial charge in [-0.25, -0.2) is 0 Å². The summed E-state index contributed by atoms with van der Waals surface area (Å²) >= 11 is 0. The zero-order valence-electron chi connectivity index (χ0n) is 11.3. The van der Waals surface area contributed by atoms with Crippen molar-refractivity contribution in [3.63, 3.8) is 0 Å². The third kappa shape index (κ3) is 2.93. The molecule has 2 heterocycles. The molecule has 0 bridgehead atoms. The summed E-state index contributed by atoms with van der Waals surface area (Å²) in [6.07, 6.45) is 2.00. The van der Waals surface area contributed by atoms with Crippen LogP contribution in [0.4, 0.5) is 0 Å². The second-order valence-corrected chi connectivity index (χ2v) is 4.75. The van der Waals surface area contributed by atoms with Crippen LogP contribution in [0.25, 0.3) is 0 Å². The Hall–Kier alpha value is -1.29. The first-order valence-corrected chi connectivity index (χ1v) is 6.85. The highest BCUT2D eigenvalue weighted by Crippen LogP contribution is 2.13. The molecule has 1 aliphatic heterocycles. The largest absolute Gasteiger partial charge is 0.456 e. The van der Waals surface area contributed by atoms with Gasteiger partial charge in [-0.2, -0.15) is 0 Å². The van der Waals surface area contributed by atoms with E-state index in [4.69, 9.17) is 4.42 Å². The van der Waals surface area contributed by atoms with Gasteiger partial charge < -0.3 is 9.32 Å². The van der Waals surface area contributed by atoms with Crippen molar-refractivity contribution in [2.75, 3.05) is 32.7 Å². The van der Waals surface area contributed by atoms with Gasteiger partial charge in [0.25, 0.3) is 5.91 Å². The topological polar surface area (TPSA) is 36.7 Å². The van der Waals surface area contributed by atoms with E-state index in [1.165, 1.54) is 6.42 Å². The molecule has 0 radical (unpaired) electrons. The number of hydrogen-bond acceptors (Lipinski definition) is 3. The number of piperazine rings is 1. The van der Waals surface area contributed by atoms with Crippen molar-refractivity contribution in [3.05, 3.63) is 23.7 Å². The fraction of sp³-hybridized carbons (Fsp3) is 0.643. The molecule has 2 rings (SSSR count). The lowest BCUT2D eigenvalue weighted by molar-refractivity contribution is 0.0605. The van der Waals surface area contributed by atoms with Gasteiger partial charge in [0.15, 0.2) is 5.76 Å². The maximum atomic E-state index is 12.2. The molecule has 1 amide bonds. The highest BCUT2D eigenvalue weighted by molar-refractivity contribution is 5.91. The maximum Gasteiger partial charge on any atom is 0.289 e. The molecule has 1 aromatic heterocycles. The molecule has 4 heteroatoms. The number of hydrogen-bond donors (Lipinski definition) is 0. The molecule has 100 valence electrons. The summed E-state index contributed by atoms with van der Waals surface area (Å²) in [6.45, 7) is 8.90. The minimum Gasteiger partial charge on any atom is -0.456 e. The van der Waals surface area contributed by atoms with Crippen molar-refractivity contribution in [2.24, 2.45) is 0 Å². The summed E-state index contributed by atoms with van der Waals surface area (Å²) in [6, 6.07) is 3.68. The van der Waals surface area contributed by atoms with Gasteiger partial charge in [0, 0.05) is 32.6 Å². The van der Waals surface area contributed by atoms with Crippen LogP contribution in [-0.2, 0) is 6.42 Å². The Bertz CT molecular complexity index is 392. The Morgan fingerprint density at radius 3 is 2.50 bits per heavy atom. The molecule has 0 N–H and O–H groups in total. The third-order valence-electron chi connectivity index (χ3n) is 3.42. The summed E-state index contributed by atoms with van der Waals surface area (Å²) in [5.74, 6) is 1.39. The molecular formula is C14H22N2O2. The standard InChI is InChI=1S/C14H22N2O2/c1-3-7-15-8-10-16(11-9-15)14(17)13-6-5-12(4-2)18-13/h5-6H,3-4,7-11H2,1-2H3. The van der Waals surface area contributed by atoms with Crippen LogP contribution in [0.3, 0.4) is 0 Å². The van der Waals surface area contributed by atoms with Crippen LogP contribution in [-0.4, -0.2) is 48.4 Å². The predicted molar refractivity (Wildman–Crippen MR) is 70.7 cm³/mol. The minimum atomic E-state index is 0.0332. The molecule has 0 aromatic carbocycles. The zero-order chi connectivity index (χ0) is 13.0. The van der Waals surface area contributed by atoms with Crippen molar-refractivity contribution in [1.82, 2.24) is 9.80 Å². The van der Waals surface area contributed by atoms with E-state index in [1.807, 2.05) is 17.9 Å². The molecule has 1 aliphatic rings. The fourth-order valence-corrected chi connectivity index (χ4v) is 2.33. The van der Waals surface area contributed by atoms with Gasteiger partial charge in [-0.15, -0.1) is 0 Å². The number of carbonyl (C=O) groups is 1. The normalized spacial score (nSPS) is 17.1. The van der Waals surface area contributed by atoms with Crippen LogP contribution in [0.1, 0.15) is 36.6 Å². The third-order valence-corrected chi connectivity index (χ3v) is 3.42. The number of carbonyl (C=O) groups excluding carboxylic acids is 1. The van der Waals surface area contributed by atoms with Crippen molar-refractivity contribution in [3.8, 4) is 0 Å². The SMILES string of the molecule is CCCN1CCN(C(=O)c2ccc(CC)o2)CC1. The molecule has 1 aromatic rings. The van der Waals surface area contributed by atoms with Crippen LogP contribution in [0.5, 0.6) is 0 Å². The molecule has 1 saturated heterocycles. The summed E-state index contributed by atoms with van der Waals surface area (Å²) in [7, 11) is 0. The lowest BCUT2D eigenvalue weighted by Gasteiger charge is -2.34. The average molecular weight is 250 g/mol. The molecule has 1 fully saturated rings. The second-order valence-electron chi connectivity index (χ2n) is 4.75. The van der Waals surface area contributed by atoms with E-state index in [1.54, 1.807) is 6.07 Å². The van der Waals surface area contributed by atoms with Crippen LogP contribution in [0, 0.1) is 0 Å². The average Bonchev–Trinajstić information content (AvgIpc) is 2.88. The quantitative estimate of drug-likeness (QED) is 0.820. The van der Waals surface area contributed by atoms with E-state index in [0.29, 0.717) is 5.76 Å². The molecule has 0 aliphatic carbocycles. The van der Waals surface area contributed by atoms with Gasteiger partial charge in [-0.1, -0.05) is 13.8 Å². The summed E-state index contributed by atoms with van der Waals surface area (Å²) in [5.41, 5.74) is 0. The Morgan fingerprint density at radius 2 is 1.94 bits per heavy atom. The van der Waals surface area contributed by atoms with Gasteiger partial charge in [0.05, 0.1) is 0 Å². The van der Waals surface area contributed by atoms with Gasteiger partial charge in [-0.3, -0.25) is 9.69 Å². The van der Waals surface area contributed by atoms with Crippen molar-refractivity contribution < 1.29 is 9.21 Å². The van der Waals surface area contributed by atoms with Crippen LogP contribution in [0.15, 0.2) is 16.5 Å². The Kier molecular flexibility index (Phi) is 4.42. The minimum absolute atomic E-state index is 0.0332. The first-order chi connectivity index (χ1) is 8.74. The maximum absolute atomic E-state index is 12.2. The Balaban J connectivity index is 1.91. The highest BCUT2D eigenvalue weighted by Gasteiger charge is 2.23. The molecule has 18 heavy (non-hydrogen) atoms. The van der Waals surface area contributed by atoms with E-state index < -0.39 is 0 Å². The number of nitrogens with zero attached hydrogens (tertiary/aromatic N) is 2. The summed E-state index contributed by atoms with van der Waals surface area (Å²) < 4.78 is 5.52. The molecule has 0 atom stereocenters. The van der Waals surface area contributed by atoms with E-state index in [0.717, 1.165) is 44.9 Å². The van der Waals surface area contributed by atoms with Crippen molar-refractivity contribution in [2.45, 2.75) is 26.7 Å². The molecule has 0 saturated carbocycles. The van der Waals surface area contributed by atoms with Gasteiger partial charge >= 0.3 is 0 Å². The summed E-state index contributed by atoms with van der Waals surface area (Å²) in [4.78, 5) is 16.5. The number of rotatable bonds is 4. The van der Waals surface area contributed by atoms with E-state index in [9.17, 15) is 4.79 Å². The monoisotopic (exact) mass is 250 g/mol. The zero-order valence-corrected chi connectivity index (χ0v) is 11.3. The Morgan fingerprint density at radius 1 is 1.22 bits per heavy atom. The lowest BCUT2D eigenvalue weighted by Crippen LogP contribution is -2.48. The fourth-order valence-electron chi connectivity index (χ4n) is 2.33. The van der Waals surface area contributed by atoms with Gasteiger partial charge in [0.1, 0.15) is 5.76 Å². The number of furan rings is 1. The van der Waals surface area contributed by atoms with Crippen molar-refractivity contribution >= 4 is 5.91 Å². The lowest BCUT2D eigenvalue weighted by atomic mass is 10.2. The Labute approximate surface area is 109 Å². The molecular weight excluding hydrogens is 228 g/mol. The van der Waals surface area contributed by atoms with Crippen LogP contribution >= 0.6 is 0 Å². The second kappa shape index (κ2) is 6.05. The first-order valence-electron chi connectivity index (χ1n) is 6.85. The predicted octanol–water partition coefficient (Wildman–Crippen LogP) is 2.01. The summed E-state index contributed by atoms with van der Waals surface area (Å²) in [5, 5.41) is 0. The van der Waals surface area contributed by atoms with E-state index in [2.05, 4.69) is 11.8 Å². The van der Waals surface area contributed by atoms with E-state index in [-0.39, 0.29) is 5.91 Å². The number of aryl methyl sites for hydroxylation is 1. The smallest absolute Gasteiger partial charge is 0.289 e.